The van der Waals surface area contributed by atoms with Crippen LogP contribution in [0.1, 0.15) is 37.4 Å². The van der Waals surface area contributed by atoms with Crippen LogP contribution in [0.25, 0.3) is 0 Å². The Bertz CT molecular complexity index is 332. The molecule has 0 spiro atoms. The topological polar surface area (TPSA) is 49.3 Å². The molecule has 3 heteroatoms. The average Bonchev–Trinajstić information content (AvgIpc) is 2.30. The first-order valence-electron chi connectivity index (χ1n) is 5.74. The summed E-state index contributed by atoms with van der Waals surface area (Å²) in [5.41, 5.74) is 2.04. The van der Waals surface area contributed by atoms with Crippen molar-refractivity contribution < 1.29 is 9.90 Å². The highest BCUT2D eigenvalue weighted by molar-refractivity contribution is 5.75. The van der Waals surface area contributed by atoms with Crippen LogP contribution in [0.5, 0.6) is 0 Å². The molecule has 1 unspecified atom stereocenters. The Balaban J connectivity index is 2.79. The van der Waals surface area contributed by atoms with Gasteiger partial charge in [-0.2, -0.15) is 0 Å². The molecule has 1 atom stereocenters. The molecule has 0 heterocycles. The van der Waals surface area contributed by atoms with Gasteiger partial charge in [-0.25, -0.2) is 0 Å². The zero-order valence-electron chi connectivity index (χ0n) is 9.86. The van der Waals surface area contributed by atoms with Gasteiger partial charge >= 0.3 is 5.97 Å². The maximum atomic E-state index is 11.1. The molecule has 2 N–H and O–H groups in total. The van der Waals surface area contributed by atoms with Crippen LogP contribution in [0.4, 0.5) is 0 Å². The summed E-state index contributed by atoms with van der Waals surface area (Å²) in [6, 6.07) is 7.16. The normalized spacial score (nSPS) is 12.4. The van der Waals surface area contributed by atoms with E-state index >= 15 is 0 Å². The highest BCUT2D eigenvalue weighted by Gasteiger charge is 2.17. The predicted octanol–water partition coefficient (Wildman–Crippen LogP) is 2.37. The maximum Gasteiger partial charge on any atom is 0.325 e. The highest BCUT2D eigenvalue weighted by Crippen LogP contribution is 2.14. The smallest absolute Gasteiger partial charge is 0.325 e. The van der Waals surface area contributed by atoms with Crippen molar-refractivity contribution >= 4 is 5.97 Å². The van der Waals surface area contributed by atoms with Gasteiger partial charge < -0.3 is 10.4 Å². The quantitative estimate of drug-likeness (QED) is 0.775. The number of carboxylic acids is 1. The SMILES string of the molecule is CCCNC(C(=O)O)c1ccc(CC)cc1. The van der Waals surface area contributed by atoms with E-state index < -0.39 is 12.0 Å². The first-order valence-corrected chi connectivity index (χ1v) is 5.74. The van der Waals surface area contributed by atoms with E-state index in [9.17, 15) is 4.79 Å². The second-order valence-electron chi connectivity index (χ2n) is 3.82. The van der Waals surface area contributed by atoms with Gasteiger partial charge in [-0.15, -0.1) is 0 Å². The predicted molar refractivity (Wildman–Crippen MR) is 64.5 cm³/mol. The van der Waals surface area contributed by atoms with Crippen LogP contribution in [0, 0.1) is 0 Å². The van der Waals surface area contributed by atoms with E-state index in [1.165, 1.54) is 5.56 Å². The molecule has 1 aromatic rings. The van der Waals surface area contributed by atoms with E-state index in [1.807, 2.05) is 31.2 Å². The third-order valence-corrected chi connectivity index (χ3v) is 2.57. The first-order chi connectivity index (χ1) is 7.69. The fraction of sp³-hybridized carbons (Fsp3) is 0.462. The number of benzene rings is 1. The number of nitrogens with one attached hydrogen (secondary N) is 1. The summed E-state index contributed by atoms with van der Waals surface area (Å²) < 4.78 is 0. The Morgan fingerprint density at radius 2 is 1.94 bits per heavy atom. The lowest BCUT2D eigenvalue weighted by Crippen LogP contribution is -2.29. The van der Waals surface area contributed by atoms with E-state index in [0.717, 1.165) is 18.4 Å². The summed E-state index contributed by atoms with van der Waals surface area (Å²) in [7, 11) is 0. The van der Waals surface area contributed by atoms with Gasteiger partial charge in [-0.1, -0.05) is 38.1 Å². The van der Waals surface area contributed by atoms with E-state index in [1.54, 1.807) is 0 Å². The molecular weight excluding hydrogens is 202 g/mol. The number of carboxylic acid groups (broad SMARTS) is 1. The van der Waals surface area contributed by atoms with Crippen molar-refractivity contribution in [2.24, 2.45) is 0 Å². The Morgan fingerprint density at radius 3 is 2.38 bits per heavy atom. The van der Waals surface area contributed by atoms with Gasteiger partial charge in [0.25, 0.3) is 0 Å². The molecule has 0 aromatic heterocycles. The molecule has 0 saturated carbocycles. The largest absolute Gasteiger partial charge is 0.480 e. The maximum absolute atomic E-state index is 11.1. The van der Waals surface area contributed by atoms with Crippen LogP contribution in [0.15, 0.2) is 24.3 Å². The van der Waals surface area contributed by atoms with Gasteiger partial charge in [-0.3, -0.25) is 4.79 Å². The van der Waals surface area contributed by atoms with Crippen LogP contribution in [-0.2, 0) is 11.2 Å². The van der Waals surface area contributed by atoms with Gasteiger partial charge in [0, 0.05) is 0 Å². The van der Waals surface area contributed by atoms with E-state index in [-0.39, 0.29) is 0 Å². The highest BCUT2D eigenvalue weighted by atomic mass is 16.4. The minimum Gasteiger partial charge on any atom is -0.480 e. The molecule has 88 valence electrons. The lowest BCUT2D eigenvalue weighted by molar-refractivity contribution is -0.139. The van der Waals surface area contributed by atoms with Crippen molar-refractivity contribution in [2.75, 3.05) is 6.54 Å². The van der Waals surface area contributed by atoms with Crippen LogP contribution in [0.2, 0.25) is 0 Å². The second-order valence-corrected chi connectivity index (χ2v) is 3.82. The molecule has 0 amide bonds. The lowest BCUT2D eigenvalue weighted by atomic mass is 10.0. The molecule has 0 fully saturated rings. The molecule has 3 nitrogen and oxygen atoms in total. The molecule has 0 aliphatic rings. The molecule has 0 bridgehead atoms. The minimum atomic E-state index is -0.822. The molecule has 16 heavy (non-hydrogen) atoms. The third-order valence-electron chi connectivity index (χ3n) is 2.57. The number of rotatable bonds is 6. The number of hydrogen-bond donors (Lipinski definition) is 2. The molecular formula is C13H19NO2. The van der Waals surface area contributed by atoms with Crippen molar-refractivity contribution in [3.8, 4) is 0 Å². The standard InChI is InChI=1S/C13H19NO2/c1-3-9-14-12(13(15)16)11-7-5-10(4-2)6-8-11/h5-8,12,14H,3-4,9H2,1-2H3,(H,15,16). The van der Waals surface area contributed by atoms with Crippen LogP contribution < -0.4 is 5.32 Å². The lowest BCUT2D eigenvalue weighted by Gasteiger charge is -2.14. The van der Waals surface area contributed by atoms with Crippen molar-refractivity contribution in [1.29, 1.82) is 0 Å². The van der Waals surface area contributed by atoms with Crippen molar-refractivity contribution in [1.82, 2.24) is 5.32 Å². The minimum absolute atomic E-state index is 0.592. The number of carbonyl (C=O) groups is 1. The molecule has 1 aromatic carbocycles. The van der Waals surface area contributed by atoms with Gasteiger partial charge in [0.15, 0.2) is 0 Å². The monoisotopic (exact) mass is 221 g/mol. The Labute approximate surface area is 96.5 Å². The average molecular weight is 221 g/mol. The van der Waals surface area contributed by atoms with E-state index in [4.69, 9.17) is 5.11 Å². The number of aliphatic carboxylic acids is 1. The fourth-order valence-electron chi connectivity index (χ4n) is 1.58. The van der Waals surface area contributed by atoms with Gasteiger partial charge in [0.1, 0.15) is 6.04 Å². The molecule has 0 radical (unpaired) electrons. The second kappa shape index (κ2) is 6.28. The molecule has 0 aliphatic carbocycles. The summed E-state index contributed by atoms with van der Waals surface area (Å²) >= 11 is 0. The van der Waals surface area contributed by atoms with Gasteiger partial charge in [-0.05, 0) is 30.5 Å². The zero-order chi connectivity index (χ0) is 12.0. The van der Waals surface area contributed by atoms with E-state index in [2.05, 4.69) is 12.2 Å². The molecule has 0 saturated heterocycles. The summed E-state index contributed by atoms with van der Waals surface area (Å²) in [5, 5.41) is 12.1. The fourth-order valence-corrected chi connectivity index (χ4v) is 1.58. The molecule has 1 rings (SSSR count). The van der Waals surface area contributed by atoms with Gasteiger partial charge in [0.05, 0.1) is 0 Å². The zero-order valence-corrected chi connectivity index (χ0v) is 9.86. The molecule has 0 aliphatic heterocycles. The number of aryl methyl sites for hydroxylation is 1. The summed E-state index contributed by atoms with van der Waals surface area (Å²) in [5.74, 6) is -0.822. The summed E-state index contributed by atoms with van der Waals surface area (Å²) in [6.07, 6.45) is 1.90. The Kier molecular flexibility index (Phi) is 4.99. The summed E-state index contributed by atoms with van der Waals surface area (Å²) in [6.45, 7) is 4.82. The van der Waals surface area contributed by atoms with Crippen molar-refractivity contribution in [3.05, 3.63) is 35.4 Å². The van der Waals surface area contributed by atoms with Crippen LogP contribution in [0.3, 0.4) is 0 Å². The van der Waals surface area contributed by atoms with Crippen molar-refractivity contribution in [2.45, 2.75) is 32.7 Å². The third kappa shape index (κ3) is 3.35. The Hall–Kier alpha value is -1.35. The first kappa shape index (κ1) is 12.7. The summed E-state index contributed by atoms with van der Waals surface area (Å²) in [4.78, 5) is 11.1. The van der Waals surface area contributed by atoms with Crippen LogP contribution in [-0.4, -0.2) is 17.6 Å². The van der Waals surface area contributed by atoms with Crippen molar-refractivity contribution in [3.63, 3.8) is 0 Å². The number of hydrogen-bond acceptors (Lipinski definition) is 2. The van der Waals surface area contributed by atoms with Crippen LogP contribution >= 0.6 is 0 Å². The Morgan fingerprint density at radius 1 is 1.31 bits per heavy atom. The van der Waals surface area contributed by atoms with Gasteiger partial charge in [0.2, 0.25) is 0 Å². The van der Waals surface area contributed by atoms with E-state index in [0.29, 0.717) is 6.54 Å².